The molecule has 0 atom stereocenters. The van der Waals surface area contributed by atoms with Gasteiger partial charge in [-0.2, -0.15) is 0 Å². The van der Waals surface area contributed by atoms with Gasteiger partial charge in [0, 0.05) is 6.42 Å². The fourth-order valence-corrected chi connectivity index (χ4v) is 0.926. The van der Waals surface area contributed by atoms with Crippen LogP contribution >= 0.6 is 0 Å². The lowest BCUT2D eigenvalue weighted by Crippen LogP contribution is -1.97. The van der Waals surface area contributed by atoms with E-state index in [0.29, 0.717) is 18.6 Å². The van der Waals surface area contributed by atoms with Crippen molar-refractivity contribution in [2.45, 2.75) is 13.3 Å². The number of carbonyl (C=O) groups excluding carboxylic acids is 1. The first-order valence-electron chi connectivity index (χ1n) is 3.47. The van der Waals surface area contributed by atoms with Crippen molar-refractivity contribution in [2.75, 3.05) is 6.61 Å². The van der Waals surface area contributed by atoms with Gasteiger partial charge < -0.3 is 9.84 Å². The number of aliphatic hydroxyl groups excluding tert-OH is 1. The second-order valence-corrected chi connectivity index (χ2v) is 2.25. The number of rotatable bonds is 1. The average Bonchev–Trinajstić information content (AvgIpc) is 2.36. The van der Waals surface area contributed by atoms with Crippen LogP contribution in [0.4, 0.5) is 0 Å². The highest BCUT2D eigenvalue weighted by molar-refractivity contribution is 5.91. The molecule has 0 unspecified atom stereocenters. The predicted octanol–water partition coefficient (Wildman–Crippen LogP) is 1.32. The van der Waals surface area contributed by atoms with E-state index in [1.54, 1.807) is 13.0 Å². The first-order chi connectivity index (χ1) is 5.25. The molecule has 0 aromatic heterocycles. The van der Waals surface area contributed by atoms with Crippen LogP contribution in [0, 0.1) is 0 Å². The Morgan fingerprint density at radius 3 is 2.91 bits per heavy atom. The van der Waals surface area contributed by atoms with Crippen LogP contribution in [0.5, 0.6) is 0 Å². The van der Waals surface area contributed by atoms with E-state index in [-0.39, 0.29) is 5.76 Å². The van der Waals surface area contributed by atoms with Crippen molar-refractivity contribution in [3.05, 3.63) is 23.5 Å². The quantitative estimate of drug-likeness (QED) is 0.352. The van der Waals surface area contributed by atoms with E-state index in [1.165, 1.54) is 6.08 Å². The Morgan fingerprint density at radius 1 is 1.73 bits per heavy atom. The van der Waals surface area contributed by atoms with Crippen molar-refractivity contribution in [2.24, 2.45) is 0 Å². The summed E-state index contributed by atoms with van der Waals surface area (Å²) in [5.41, 5.74) is 0.378. The van der Waals surface area contributed by atoms with Crippen LogP contribution in [0.1, 0.15) is 13.3 Å². The van der Waals surface area contributed by atoms with Gasteiger partial charge in [-0.25, -0.2) is 4.79 Å². The van der Waals surface area contributed by atoms with Gasteiger partial charge in [-0.15, -0.1) is 0 Å². The summed E-state index contributed by atoms with van der Waals surface area (Å²) in [7, 11) is 0. The fourth-order valence-electron chi connectivity index (χ4n) is 0.926. The molecule has 3 heteroatoms. The molecule has 0 spiro atoms. The largest absolute Gasteiger partial charge is 0.507 e. The molecular formula is C8H10O3. The zero-order valence-corrected chi connectivity index (χ0v) is 6.33. The Labute approximate surface area is 65.0 Å². The van der Waals surface area contributed by atoms with Crippen molar-refractivity contribution in [3.63, 3.8) is 0 Å². The number of hydrogen-bond acceptors (Lipinski definition) is 3. The van der Waals surface area contributed by atoms with Gasteiger partial charge in [-0.3, -0.25) is 0 Å². The van der Waals surface area contributed by atoms with Crippen LogP contribution in [0.2, 0.25) is 0 Å². The molecule has 1 aliphatic heterocycles. The third-order valence-electron chi connectivity index (χ3n) is 1.47. The number of allylic oxidation sites excluding steroid dienone is 2. The summed E-state index contributed by atoms with van der Waals surface area (Å²) in [6.07, 6.45) is 3.67. The molecule has 1 N–H and O–H groups in total. The number of esters is 1. The topological polar surface area (TPSA) is 46.5 Å². The van der Waals surface area contributed by atoms with Crippen LogP contribution in [0.3, 0.4) is 0 Å². The summed E-state index contributed by atoms with van der Waals surface area (Å²) in [5.74, 6) is -0.379. The maximum absolute atomic E-state index is 10.8. The lowest BCUT2D eigenvalue weighted by molar-refractivity contribution is -0.135. The second-order valence-electron chi connectivity index (χ2n) is 2.25. The molecule has 0 aromatic rings. The highest BCUT2D eigenvalue weighted by Crippen LogP contribution is 2.16. The first-order valence-corrected chi connectivity index (χ1v) is 3.47. The highest BCUT2D eigenvalue weighted by atomic mass is 16.5. The van der Waals surface area contributed by atoms with Crippen LogP contribution in [-0.2, 0) is 9.53 Å². The number of cyclic esters (lactones) is 1. The van der Waals surface area contributed by atoms with E-state index in [1.807, 2.05) is 0 Å². The summed E-state index contributed by atoms with van der Waals surface area (Å²) < 4.78 is 4.64. The maximum atomic E-state index is 10.8. The number of aliphatic hydroxyl groups is 1. The molecule has 0 saturated carbocycles. The van der Waals surface area contributed by atoms with Crippen LogP contribution in [0.25, 0.3) is 0 Å². The molecule has 1 aliphatic rings. The Balaban J connectivity index is 2.85. The first kappa shape index (κ1) is 7.85. The summed E-state index contributed by atoms with van der Waals surface area (Å²) >= 11 is 0. The molecule has 0 aliphatic carbocycles. The third-order valence-corrected chi connectivity index (χ3v) is 1.47. The Bertz CT molecular complexity index is 225. The van der Waals surface area contributed by atoms with Crippen molar-refractivity contribution in [1.82, 2.24) is 0 Å². The molecule has 1 saturated heterocycles. The van der Waals surface area contributed by atoms with Gasteiger partial charge in [0.05, 0.1) is 12.2 Å². The van der Waals surface area contributed by atoms with E-state index in [0.717, 1.165) is 0 Å². The van der Waals surface area contributed by atoms with Gasteiger partial charge in [0.15, 0.2) is 0 Å². The SMILES string of the molecule is C/C=C/C(O)=C1/CCOC1=O. The monoisotopic (exact) mass is 154 g/mol. The van der Waals surface area contributed by atoms with Gasteiger partial charge in [0.1, 0.15) is 5.76 Å². The maximum Gasteiger partial charge on any atom is 0.337 e. The van der Waals surface area contributed by atoms with Gasteiger partial charge >= 0.3 is 5.97 Å². The zero-order valence-electron chi connectivity index (χ0n) is 6.33. The molecule has 1 rings (SSSR count). The van der Waals surface area contributed by atoms with Crippen LogP contribution in [-0.4, -0.2) is 17.7 Å². The molecule has 0 amide bonds. The van der Waals surface area contributed by atoms with E-state index in [2.05, 4.69) is 4.74 Å². The molecule has 3 nitrogen and oxygen atoms in total. The van der Waals surface area contributed by atoms with E-state index in [4.69, 9.17) is 0 Å². The molecular weight excluding hydrogens is 144 g/mol. The van der Waals surface area contributed by atoms with Gasteiger partial charge in [0.2, 0.25) is 0 Å². The van der Waals surface area contributed by atoms with E-state index < -0.39 is 5.97 Å². The lowest BCUT2D eigenvalue weighted by atomic mass is 10.2. The zero-order chi connectivity index (χ0) is 8.27. The minimum Gasteiger partial charge on any atom is -0.507 e. The van der Waals surface area contributed by atoms with Crippen molar-refractivity contribution >= 4 is 5.97 Å². The summed E-state index contributed by atoms with van der Waals surface area (Å²) in [6.45, 7) is 2.16. The van der Waals surface area contributed by atoms with Gasteiger partial charge in [-0.1, -0.05) is 6.08 Å². The van der Waals surface area contributed by atoms with Gasteiger partial charge in [-0.05, 0) is 13.0 Å². The summed E-state index contributed by atoms with van der Waals surface area (Å²) in [6, 6.07) is 0. The van der Waals surface area contributed by atoms with Crippen molar-refractivity contribution in [3.8, 4) is 0 Å². The van der Waals surface area contributed by atoms with E-state index in [9.17, 15) is 9.90 Å². The molecule has 0 radical (unpaired) electrons. The highest BCUT2D eigenvalue weighted by Gasteiger charge is 2.21. The smallest absolute Gasteiger partial charge is 0.337 e. The molecule has 0 aromatic carbocycles. The predicted molar refractivity (Wildman–Crippen MR) is 40.0 cm³/mol. The summed E-state index contributed by atoms with van der Waals surface area (Å²) in [5, 5.41) is 9.21. The second kappa shape index (κ2) is 3.23. The average molecular weight is 154 g/mol. The number of ether oxygens (including phenoxy) is 1. The Morgan fingerprint density at radius 2 is 2.45 bits per heavy atom. The Hall–Kier alpha value is -1.25. The van der Waals surface area contributed by atoms with Crippen molar-refractivity contribution < 1.29 is 14.6 Å². The number of hydrogen-bond donors (Lipinski definition) is 1. The minimum atomic E-state index is -0.402. The van der Waals surface area contributed by atoms with Gasteiger partial charge in [0.25, 0.3) is 0 Å². The molecule has 60 valence electrons. The normalized spacial score (nSPS) is 22.5. The summed E-state index contributed by atoms with van der Waals surface area (Å²) in [4.78, 5) is 10.8. The molecule has 1 heterocycles. The molecule has 11 heavy (non-hydrogen) atoms. The molecule has 0 bridgehead atoms. The number of carbonyl (C=O) groups is 1. The van der Waals surface area contributed by atoms with Crippen LogP contribution in [0.15, 0.2) is 23.5 Å². The van der Waals surface area contributed by atoms with Crippen LogP contribution < -0.4 is 0 Å². The Kier molecular flexibility index (Phi) is 2.31. The fraction of sp³-hybridized carbons (Fsp3) is 0.375. The third kappa shape index (κ3) is 1.61. The minimum absolute atomic E-state index is 0.0231. The lowest BCUT2D eigenvalue weighted by Gasteiger charge is -1.93. The molecule has 1 fully saturated rings. The van der Waals surface area contributed by atoms with E-state index >= 15 is 0 Å². The standard InChI is InChI=1S/C8H10O3/c1-2-3-7(9)6-4-5-11-8(6)10/h2-3,9H,4-5H2,1H3/b3-2+,7-6+. The van der Waals surface area contributed by atoms with Crippen molar-refractivity contribution in [1.29, 1.82) is 0 Å².